The fourth-order valence-corrected chi connectivity index (χ4v) is 2.10. The molecule has 1 heterocycles. The maximum atomic E-state index is 10.3. The third-order valence-electron chi connectivity index (χ3n) is 3.13. The highest BCUT2D eigenvalue weighted by molar-refractivity contribution is 5.80. The summed E-state index contributed by atoms with van der Waals surface area (Å²) >= 11 is 0. The maximum absolute atomic E-state index is 10.3. The number of hydrogen-bond acceptors (Lipinski definition) is 3. The number of carboxylic acid groups (broad SMARTS) is 1. The van der Waals surface area contributed by atoms with Crippen LogP contribution in [0.4, 0.5) is 0 Å². The standard InChI is InChI=1S/C15H19NO3/c17-15(18)7-3-4-9-16-10-8-12-11-19-14-6-2-1-5-13(12)14/h1-2,5-6,11,16H,3-4,7-10H2,(H,17,18). The van der Waals surface area contributed by atoms with Crippen molar-refractivity contribution in [3.05, 3.63) is 36.1 Å². The number of nitrogens with one attached hydrogen (secondary N) is 1. The van der Waals surface area contributed by atoms with E-state index in [4.69, 9.17) is 9.52 Å². The van der Waals surface area contributed by atoms with Gasteiger partial charge in [-0.15, -0.1) is 0 Å². The molecule has 0 fully saturated rings. The monoisotopic (exact) mass is 261 g/mol. The van der Waals surface area contributed by atoms with Crippen molar-refractivity contribution in [1.29, 1.82) is 0 Å². The molecule has 1 aromatic heterocycles. The Morgan fingerprint density at radius 1 is 1.21 bits per heavy atom. The minimum Gasteiger partial charge on any atom is -0.481 e. The van der Waals surface area contributed by atoms with Crippen molar-refractivity contribution in [1.82, 2.24) is 5.32 Å². The molecule has 1 aromatic carbocycles. The summed E-state index contributed by atoms with van der Waals surface area (Å²) in [6.45, 7) is 1.75. The van der Waals surface area contributed by atoms with Crippen LogP contribution in [0.1, 0.15) is 24.8 Å². The van der Waals surface area contributed by atoms with Gasteiger partial charge in [0.05, 0.1) is 6.26 Å². The van der Waals surface area contributed by atoms with Gasteiger partial charge in [0.25, 0.3) is 0 Å². The molecule has 2 N–H and O–H groups in total. The van der Waals surface area contributed by atoms with Gasteiger partial charge in [0.1, 0.15) is 5.58 Å². The Labute approximate surface area is 112 Å². The first-order chi connectivity index (χ1) is 9.27. The van der Waals surface area contributed by atoms with Gasteiger partial charge in [-0.2, -0.15) is 0 Å². The number of carboxylic acids is 1. The van der Waals surface area contributed by atoms with Crippen LogP contribution in [0.15, 0.2) is 34.9 Å². The fourth-order valence-electron chi connectivity index (χ4n) is 2.10. The van der Waals surface area contributed by atoms with Crippen LogP contribution in [0.2, 0.25) is 0 Å². The Morgan fingerprint density at radius 3 is 2.89 bits per heavy atom. The van der Waals surface area contributed by atoms with Gasteiger partial charge in [0, 0.05) is 11.8 Å². The van der Waals surface area contributed by atoms with E-state index in [0.29, 0.717) is 0 Å². The Morgan fingerprint density at radius 2 is 2.05 bits per heavy atom. The van der Waals surface area contributed by atoms with Crippen molar-refractivity contribution in [2.75, 3.05) is 13.1 Å². The molecule has 0 aliphatic carbocycles. The van der Waals surface area contributed by atoms with Gasteiger partial charge in [0.15, 0.2) is 0 Å². The molecule has 0 bridgehead atoms. The molecule has 0 spiro atoms. The Hall–Kier alpha value is -1.81. The lowest BCUT2D eigenvalue weighted by Crippen LogP contribution is -2.18. The number of para-hydroxylation sites is 1. The summed E-state index contributed by atoms with van der Waals surface area (Å²) in [5, 5.41) is 13.0. The second-order valence-corrected chi connectivity index (χ2v) is 4.61. The number of aliphatic carboxylic acids is 1. The third-order valence-corrected chi connectivity index (χ3v) is 3.13. The van der Waals surface area contributed by atoms with E-state index in [-0.39, 0.29) is 6.42 Å². The first-order valence-corrected chi connectivity index (χ1v) is 6.65. The van der Waals surface area contributed by atoms with E-state index < -0.39 is 5.97 Å². The first kappa shape index (κ1) is 13.6. The lowest BCUT2D eigenvalue weighted by Gasteiger charge is -2.03. The van der Waals surface area contributed by atoms with E-state index in [1.54, 1.807) is 0 Å². The molecule has 102 valence electrons. The number of furan rings is 1. The van der Waals surface area contributed by atoms with Crippen molar-refractivity contribution in [2.45, 2.75) is 25.7 Å². The molecular weight excluding hydrogens is 242 g/mol. The van der Waals surface area contributed by atoms with Gasteiger partial charge >= 0.3 is 5.97 Å². The van der Waals surface area contributed by atoms with Gasteiger partial charge < -0.3 is 14.8 Å². The smallest absolute Gasteiger partial charge is 0.303 e. The van der Waals surface area contributed by atoms with Crippen molar-refractivity contribution < 1.29 is 14.3 Å². The highest BCUT2D eigenvalue weighted by Crippen LogP contribution is 2.20. The molecule has 0 amide bonds. The second kappa shape index (κ2) is 6.95. The number of fused-ring (bicyclic) bond motifs is 1. The Kier molecular flexibility index (Phi) is 4.98. The summed E-state index contributed by atoms with van der Waals surface area (Å²) in [7, 11) is 0. The molecular formula is C15H19NO3. The molecule has 0 atom stereocenters. The van der Waals surface area contributed by atoms with Crippen LogP contribution in [0.5, 0.6) is 0 Å². The summed E-state index contributed by atoms with van der Waals surface area (Å²) in [6, 6.07) is 8.02. The minimum atomic E-state index is -0.718. The molecule has 4 nitrogen and oxygen atoms in total. The lowest BCUT2D eigenvalue weighted by atomic mass is 10.1. The zero-order valence-corrected chi connectivity index (χ0v) is 10.9. The van der Waals surface area contributed by atoms with E-state index in [0.717, 1.165) is 37.9 Å². The highest BCUT2D eigenvalue weighted by atomic mass is 16.4. The van der Waals surface area contributed by atoms with E-state index in [2.05, 4.69) is 11.4 Å². The van der Waals surface area contributed by atoms with Crippen LogP contribution >= 0.6 is 0 Å². The number of carbonyl (C=O) groups is 1. The molecule has 0 saturated carbocycles. The Balaban J connectivity index is 1.67. The first-order valence-electron chi connectivity index (χ1n) is 6.65. The molecule has 0 aliphatic rings. The summed E-state index contributed by atoms with van der Waals surface area (Å²) in [5.74, 6) is -0.718. The molecule has 0 aliphatic heterocycles. The zero-order chi connectivity index (χ0) is 13.5. The maximum Gasteiger partial charge on any atom is 0.303 e. The quantitative estimate of drug-likeness (QED) is 0.717. The molecule has 19 heavy (non-hydrogen) atoms. The number of unbranched alkanes of at least 4 members (excludes halogenated alkanes) is 1. The summed E-state index contributed by atoms with van der Waals surface area (Å²) in [5.41, 5.74) is 2.15. The molecule has 0 unspecified atom stereocenters. The van der Waals surface area contributed by atoms with Crippen molar-refractivity contribution >= 4 is 16.9 Å². The molecule has 2 rings (SSSR count). The number of benzene rings is 1. The molecule has 2 aromatic rings. The normalized spacial score (nSPS) is 10.9. The van der Waals surface area contributed by atoms with Gasteiger partial charge in [0.2, 0.25) is 0 Å². The molecule has 4 heteroatoms. The van der Waals surface area contributed by atoms with E-state index >= 15 is 0 Å². The Bertz CT molecular complexity index is 533. The van der Waals surface area contributed by atoms with E-state index in [9.17, 15) is 4.79 Å². The summed E-state index contributed by atoms with van der Waals surface area (Å²) in [4.78, 5) is 10.3. The summed E-state index contributed by atoms with van der Waals surface area (Å²) in [6.07, 6.45) is 4.64. The average molecular weight is 261 g/mol. The third kappa shape index (κ3) is 4.10. The predicted octanol–water partition coefficient (Wildman–Crippen LogP) is 2.82. The topological polar surface area (TPSA) is 62.5 Å². The molecule has 0 saturated heterocycles. The van der Waals surface area contributed by atoms with Crippen LogP contribution in [0.3, 0.4) is 0 Å². The SMILES string of the molecule is O=C(O)CCCCNCCc1coc2ccccc12. The molecule has 0 radical (unpaired) electrons. The van der Waals surface area contributed by atoms with Crippen molar-refractivity contribution in [3.8, 4) is 0 Å². The van der Waals surface area contributed by atoms with E-state index in [1.807, 2.05) is 24.5 Å². The predicted molar refractivity (Wildman–Crippen MR) is 74.3 cm³/mol. The number of rotatable bonds is 8. The lowest BCUT2D eigenvalue weighted by molar-refractivity contribution is -0.137. The van der Waals surface area contributed by atoms with Gasteiger partial charge in [-0.05, 0) is 44.0 Å². The number of hydrogen-bond donors (Lipinski definition) is 2. The van der Waals surface area contributed by atoms with Crippen LogP contribution in [-0.2, 0) is 11.2 Å². The highest BCUT2D eigenvalue weighted by Gasteiger charge is 2.04. The second-order valence-electron chi connectivity index (χ2n) is 4.61. The van der Waals surface area contributed by atoms with Crippen molar-refractivity contribution in [2.24, 2.45) is 0 Å². The van der Waals surface area contributed by atoms with Crippen LogP contribution in [0.25, 0.3) is 11.0 Å². The van der Waals surface area contributed by atoms with Crippen LogP contribution in [-0.4, -0.2) is 24.2 Å². The van der Waals surface area contributed by atoms with Crippen LogP contribution < -0.4 is 5.32 Å². The van der Waals surface area contributed by atoms with Crippen LogP contribution in [0, 0.1) is 0 Å². The van der Waals surface area contributed by atoms with Gasteiger partial charge in [-0.25, -0.2) is 0 Å². The van der Waals surface area contributed by atoms with Gasteiger partial charge in [-0.3, -0.25) is 4.79 Å². The summed E-state index contributed by atoms with van der Waals surface area (Å²) < 4.78 is 5.48. The average Bonchev–Trinajstić information content (AvgIpc) is 2.81. The van der Waals surface area contributed by atoms with Gasteiger partial charge in [-0.1, -0.05) is 18.2 Å². The van der Waals surface area contributed by atoms with Crippen molar-refractivity contribution in [3.63, 3.8) is 0 Å². The fraction of sp³-hybridized carbons (Fsp3) is 0.400. The minimum absolute atomic E-state index is 0.258. The zero-order valence-electron chi connectivity index (χ0n) is 10.9. The van der Waals surface area contributed by atoms with E-state index in [1.165, 1.54) is 10.9 Å². The largest absolute Gasteiger partial charge is 0.481 e.